The summed E-state index contributed by atoms with van der Waals surface area (Å²) in [5.41, 5.74) is 6.04. The molecule has 16 heavy (non-hydrogen) atoms. The van der Waals surface area contributed by atoms with Crippen molar-refractivity contribution >= 4 is 5.97 Å². The minimum Gasteiger partial charge on any atom is -0.469 e. The van der Waals surface area contributed by atoms with Crippen LogP contribution < -0.4 is 5.73 Å². The Morgan fingerprint density at radius 3 is 2.75 bits per heavy atom. The maximum absolute atomic E-state index is 11.2. The zero-order valence-electron chi connectivity index (χ0n) is 10.0. The molecule has 1 saturated carbocycles. The Kier molecular flexibility index (Phi) is 3.82. The Morgan fingerprint density at radius 1 is 1.38 bits per heavy atom. The third kappa shape index (κ3) is 3.46. The second kappa shape index (κ2) is 5.15. The van der Waals surface area contributed by atoms with Gasteiger partial charge in [0.25, 0.3) is 0 Å². The Labute approximate surface area is 97.1 Å². The van der Waals surface area contributed by atoms with Crippen molar-refractivity contribution < 1.29 is 9.53 Å². The van der Waals surface area contributed by atoms with E-state index in [-0.39, 0.29) is 12.0 Å². The minimum atomic E-state index is -0.106. The molecule has 2 rings (SSSR count). The fourth-order valence-corrected chi connectivity index (χ4v) is 2.63. The summed E-state index contributed by atoms with van der Waals surface area (Å²) in [5, 5.41) is 0. The number of carbonyl (C=O) groups is 1. The van der Waals surface area contributed by atoms with Gasteiger partial charge in [-0.3, -0.25) is 4.79 Å². The maximum atomic E-state index is 11.2. The van der Waals surface area contributed by atoms with Crippen molar-refractivity contribution in [3.8, 4) is 0 Å². The highest BCUT2D eigenvalue weighted by Crippen LogP contribution is 2.31. The van der Waals surface area contributed by atoms with E-state index in [1.165, 1.54) is 26.5 Å². The molecule has 1 saturated heterocycles. The van der Waals surface area contributed by atoms with E-state index in [2.05, 4.69) is 4.90 Å². The zero-order valence-corrected chi connectivity index (χ0v) is 10.0. The smallest absolute Gasteiger partial charge is 0.305 e. The van der Waals surface area contributed by atoms with E-state index in [0.717, 1.165) is 25.4 Å². The summed E-state index contributed by atoms with van der Waals surface area (Å²) in [5.74, 6) is 1.17. The number of ether oxygens (including phenoxy) is 1. The summed E-state index contributed by atoms with van der Waals surface area (Å²) in [6, 6.07) is 0.224. The SMILES string of the molecule is COC(=O)CC1CC(N)CN(CC2CC2)C1. The van der Waals surface area contributed by atoms with Gasteiger partial charge < -0.3 is 15.4 Å². The summed E-state index contributed by atoms with van der Waals surface area (Å²) in [6.45, 7) is 3.18. The van der Waals surface area contributed by atoms with Gasteiger partial charge in [-0.15, -0.1) is 0 Å². The molecule has 0 radical (unpaired) electrons. The lowest BCUT2D eigenvalue weighted by Gasteiger charge is -2.36. The van der Waals surface area contributed by atoms with Crippen LogP contribution in [0.2, 0.25) is 0 Å². The first-order valence-corrected chi connectivity index (χ1v) is 6.22. The van der Waals surface area contributed by atoms with Gasteiger partial charge in [-0.05, 0) is 31.1 Å². The van der Waals surface area contributed by atoms with E-state index >= 15 is 0 Å². The van der Waals surface area contributed by atoms with E-state index in [4.69, 9.17) is 10.5 Å². The summed E-state index contributed by atoms with van der Waals surface area (Å²) in [4.78, 5) is 13.7. The molecule has 2 atom stereocenters. The molecule has 0 bridgehead atoms. The number of nitrogens with zero attached hydrogens (tertiary/aromatic N) is 1. The van der Waals surface area contributed by atoms with Crippen molar-refractivity contribution in [3.05, 3.63) is 0 Å². The highest BCUT2D eigenvalue weighted by Gasteiger charge is 2.31. The van der Waals surface area contributed by atoms with E-state index in [9.17, 15) is 4.79 Å². The Hall–Kier alpha value is -0.610. The molecule has 1 aliphatic carbocycles. The molecule has 0 aromatic rings. The van der Waals surface area contributed by atoms with Crippen molar-refractivity contribution in [1.82, 2.24) is 4.90 Å². The number of carbonyl (C=O) groups excluding carboxylic acids is 1. The summed E-state index contributed by atoms with van der Waals surface area (Å²) >= 11 is 0. The predicted octanol–water partition coefficient (Wildman–Crippen LogP) is 0.609. The Bertz CT molecular complexity index is 251. The second-order valence-electron chi connectivity index (χ2n) is 5.30. The van der Waals surface area contributed by atoms with Gasteiger partial charge in [0.2, 0.25) is 0 Å². The van der Waals surface area contributed by atoms with Gasteiger partial charge in [-0.2, -0.15) is 0 Å². The molecular weight excluding hydrogens is 204 g/mol. The number of hydrogen-bond acceptors (Lipinski definition) is 4. The van der Waals surface area contributed by atoms with Gasteiger partial charge in [-0.1, -0.05) is 0 Å². The van der Waals surface area contributed by atoms with E-state index in [1.54, 1.807) is 0 Å². The van der Waals surface area contributed by atoms with E-state index in [0.29, 0.717) is 12.3 Å². The molecule has 0 aromatic heterocycles. The number of rotatable bonds is 4. The van der Waals surface area contributed by atoms with Crippen LogP contribution >= 0.6 is 0 Å². The summed E-state index contributed by atoms with van der Waals surface area (Å²) in [6.07, 6.45) is 4.21. The Morgan fingerprint density at radius 2 is 2.12 bits per heavy atom. The van der Waals surface area contributed by atoms with Crippen LogP contribution in [0.3, 0.4) is 0 Å². The third-order valence-electron chi connectivity index (χ3n) is 3.54. The van der Waals surface area contributed by atoms with Crippen molar-refractivity contribution in [2.24, 2.45) is 17.6 Å². The van der Waals surface area contributed by atoms with Crippen LogP contribution in [-0.2, 0) is 9.53 Å². The van der Waals surface area contributed by atoms with Crippen LogP contribution in [0.1, 0.15) is 25.7 Å². The molecule has 4 heteroatoms. The largest absolute Gasteiger partial charge is 0.469 e. The summed E-state index contributed by atoms with van der Waals surface area (Å²) in [7, 11) is 1.45. The number of likely N-dealkylation sites (tertiary alicyclic amines) is 1. The predicted molar refractivity (Wildman–Crippen MR) is 61.9 cm³/mol. The lowest BCUT2D eigenvalue weighted by molar-refractivity contribution is -0.142. The van der Waals surface area contributed by atoms with Crippen molar-refractivity contribution in [2.75, 3.05) is 26.7 Å². The lowest BCUT2D eigenvalue weighted by Crippen LogP contribution is -2.48. The van der Waals surface area contributed by atoms with Crippen LogP contribution in [0, 0.1) is 11.8 Å². The monoisotopic (exact) mass is 226 g/mol. The molecule has 2 aliphatic rings. The first-order valence-electron chi connectivity index (χ1n) is 6.22. The third-order valence-corrected chi connectivity index (χ3v) is 3.54. The molecule has 0 aromatic carbocycles. The fourth-order valence-electron chi connectivity index (χ4n) is 2.63. The first-order chi connectivity index (χ1) is 7.67. The van der Waals surface area contributed by atoms with Gasteiger partial charge in [0.05, 0.1) is 7.11 Å². The number of nitrogens with two attached hydrogens (primary N) is 1. The topological polar surface area (TPSA) is 55.6 Å². The first kappa shape index (κ1) is 11.9. The number of methoxy groups -OCH3 is 1. The van der Waals surface area contributed by atoms with Gasteiger partial charge >= 0.3 is 5.97 Å². The van der Waals surface area contributed by atoms with Crippen LogP contribution in [-0.4, -0.2) is 43.7 Å². The van der Waals surface area contributed by atoms with Crippen LogP contribution in [0.25, 0.3) is 0 Å². The number of esters is 1. The standard InChI is InChI=1S/C12H22N2O2/c1-16-12(15)5-10-4-11(13)8-14(7-10)6-9-2-3-9/h9-11H,2-8,13H2,1H3. The van der Waals surface area contributed by atoms with Gasteiger partial charge in [0.15, 0.2) is 0 Å². The molecule has 1 aliphatic heterocycles. The average molecular weight is 226 g/mol. The van der Waals surface area contributed by atoms with Crippen LogP contribution in [0.15, 0.2) is 0 Å². The molecule has 0 amide bonds. The molecule has 2 fully saturated rings. The van der Waals surface area contributed by atoms with Gasteiger partial charge in [0.1, 0.15) is 0 Å². The van der Waals surface area contributed by atoms with Gasteiger partial charge in [-0.25, -0.2) is 0 Å². The minimum absolute atomic E-state index is 0.106. The average Bonchev–Trinajstić information content (AvgIpc) is 3.00. The summed E-state index contributed by atoms with van der Waals surface area (Å²) < 4.78 is 4.72. The van der Waals surface area contributed by atoms with Crippen molar-refractivity contribution in [1.29, 1.82) is 0 Å². The fraction of sp³-hybridized carbons (Fsp3) is 0.917. The number of piperidine rings is 1. The maximum Gasteiger partial charge on any atom is 0.305 e. The Balaban J connectivity index is 1.80. The van der Waals surface area contributed by atoms with Crippen molar-refractivity contribution in [2.45, 2.75) is 31.7 Å². The molecule has 0 spiro atoms. The molecule has 2 N–H and O–H groups in total. The molecular formula is C12H22N2O2. The van der Waals surface area contributed by atoms with Crippen molar-refractivity contribution in [3.63, 3.8) is 0 Å². The molecule has 92 valence electrons. The lowest BCUT2D eigenvalue weighted by atomic mass is 9.92. The molecule has 2 unspecified atom stereocenters. The van der Waals surface area contributed by atoms with Gasteiger partial charge in [0, 0.05) is 32.1 Å². The van der Waals surface area contributed by atoms with Crippen LogP contribution in [0.4, 0.5) is 0 Å². The molecule has 4 nitrogen and oxygen atoms in total. The highest BCUT2D eigenvalue weighted by molar-refractivity contribution is 5.69. The van der Waals surface area contributed by atoms with Crippen LogP contribution in [0.5, 0.6) is 0 Å². The number of hydrogen-bond donors (Lipinski definition) is 1. The normalized spacial score (nSPS) is 31.4. The zero-order chi connectivity index (χ0) is 11.5. The second-order valence-corrected chi connectivity index (χ2v) is 5.30. The highest BCUT2D eigenvalue weighted by atomic mass is 16.5. The van der Waals surface area contributed by atoms with E-state index < -0.39 is 0 Å². The molecule has 1 heterocycles. The van der Waals surface area contributed by atoms with E-state index in [1.807, 2.05) is 0 Å². The quantitative estimate of drug-likeness (QED) is 0.714.